The number of piperidine rings is 1. The van der Waals surface area contributed by atoms with Gasteiger partial charge < -0.3 is 4.90 Å². The van der Waals surface area contributed by atoms with E-state index in [-0.39, 0.29) is 0 Å². The van der Waals surface area contributed by atoms with Crippen molar-refractivity contribution in [2.75, 3.05) is 52.4 Å². The standard InChI is InChI=1S/C19H31N3/c1-18-6-5-7-19(16-18)17-22-14-12-21(13-15-22)11-10-20-8-3-2-4-9-20/h5-7,16H,2-4,8-15,17H2,1H3. The van der Waals surface area contributed by atoms with Crippen molar-refractivity contribution in [3.63, 3.8) is 0 Å². The third-order valence-corrected chi connectivity index (χ3v) is 5.13. The third kappa shape index (κ3) is 4.80. The molecule has 0 aromatic heterocycles. The Kier molecular flexibility index (Phi) is 5.88. The molecule has 0 atom stereocenters. The van der Waals surface area contributed by atoms with Gasteiger partial charge in [0.15, 0.2) is 0 Å². The molecule has 2 saturated heterocycles. The molecule has 122 valence electrons. The molecular weight excluding hydrogens is 270 g/mol. The Hall–Kier alpha value is -0.900. The lowest BCUT2D eigenvalue weighted by molar-refractivity contribution is 0.110. The Bertz CT molecular complexity index is 446. The van der Waals surface area contributed by atoms with Crippen molar-refractivity contribution >= 4 is 0 Å². The van der Waals surface area contributed by atoms with E-state index in [1.165, 1.54) is 82.7 Å². The Morgan fingerprint density at radius 2 is 1.41 bits per heavy atom. The van der Waals surface area contributed by atoms with Crippen LogP contribution in [0.2, 0.25) is 0 Å². The first-order valence-electron chi connectivity index (χ1n) is 9.02. The van der Waals surface area contributed by atoms with Gasteiger partial charge in [-0.2, -0.15) is 0 Å². The summed E-state index contributed by atoms with van der Waals surface area (Å²) >= 11 is 0. The highest BCUT2D eigenvalue weighted by atomic mass is 15.3. The molecule has 0 unspecified atom stereocenters. The van der Waals surface area contributed by atoms with Crippen LogP contribution in [0.1, 0.15) is 30.4 Å². The van der Waals surface area contributed by atoms with Gasteiger partial charge in [0.2, 0.25) is 0 Å². The molecule has 0 radical (unpaired) electrons. The predicted octanol–water partition coefficient (Wildman–Crippen LogP) is 2.60. The lowest BCUT2D eigenvalue weighted by Gasteiger charge is -2.36. The fourth-order valence-electron chi connectivity index (χ4n) is 3.71. The summed E-state index contributed by atoms with van der Waals surface area (Å²) in [5.74, 6) is 0. The Labute approximate surface area is 135 Å². The van der Waals surface area contributed by atoms with E-state index in [9.17, 15) is 0 Å². The second-order valence-electron chi connectivity index (χ2n) is 7.01. The maximum Gasteiger partial charge on any atom is 0.0234 e. The van der Waals surface area contributed by atoms with E-state index in [4.69, 9.17) is 0 Å². The van der Waals surface area contributed by atoms with Crippen LogP contribution in [0.15, 0.2) is 24.3 Å². The average molecular weight is 301 g/mol. The highest BCUT2D eigenvalue weighted by Gasteiger charge is 2.18. The second-order valence-corrected chi connectivity index (χ2v) is 7.01. The van der Waals surface area contributed by atoms with Gasteiger partial charge >= 0.3 is 0 Å². The Balaban J connectivity index is 1.37. The van der Waals surface area contributed by atoms with Crippen molar-refractivity contribution < 1.29 is 0 Å². The normalized spacial score (nSPS) is 22.0. The minimum atomic E-state index is 1.11. The SMILES string of the molecule is Cc1cccc(CN2CCN(CCN3CCCCC3)CC2)c1. The van der Waals surface area contributed by atoms with Crippen molar-refractivity contribution in [2.24, 2.45) is 0 Å². The molecule has 0 N–H and O–H groups in total. The van der Waals surface area contributed by atoms with Crippen molar-refractivity contribution in [3.05, 3.63) is 35.4 Å². The molecular formula is C19H31N3. The van der Waals surface area contributed by atoms with Gasteiger partial charge in [-0.05, 0) is 38.4 Å². The van der Waals surface area contributed by atoms with E-state index >= 15 is 0 Å². The van der Waals surface area contributed by atoms with Gasteiger partial charge in [-0.3, -0.25) is 9.80 Å². The smallest absolute Gasteiger partial charge is 0.0234 e. The summed E-state index contributed by atoms with van der Waals surface area (Å²) in [6, 6.07) is 8.94. The lowest BCUT2D eigenvalue weighted by atomic mass is 10.1. The number of rotatable bonds is 5. The van der Waals surface area contributed by atoms with E-state index in [1.54, 1.807) is 0 Å². The molecule has 3 rings (SSSR count). The predicted molar refractivity (Wildman–Crippen MR) is 93.2 cm³/mol. The fraction of sp³-hybridized carbons (Fsp3) is 0.684. The molecule has 0 aliphatic carbocycles. The number of benzene rings is 1. The molecule has 0 saturated carbocycles. The van der Waals surface area contributed by atoms with Crippen LogP contribution in [0, 0.1) is 6.92 Å². The summed E-state index contributed by atoms with van der Waals surface area (Å²) in [6.45, 7) is 13.4. The number of hydrogen-bond donors (Lipinski definition) is 0. The zero-order valence-corrected chi connectivity index (χ0v) is 14.1. The van der Waals surface area contributed by atoms with Gasteiger partial charge in [-0.25, -0.2) is 0 Å². The van der Waals surface area contributed by atoms with Gasteiger partial charge in [0.1, 0.15) is 0 Å². The minimum Gasteiger partial charge on any atom is -0.302 e. The largest absolute Gasteiger partial charge is 0.302 e. The maximum absolute atomic E-state index is 2.66. The fourth-order valence-corrected chi connectivity index (χ4v) is 3.71. The number of nitrogens with zero attached hydrogens (tertiary/aromatic N) is 3. The molecule has 0 spiro atoms. The molecule has 1 aromatic rings. The number of likely N-dealkylation sites (tertiary alicyclic amines) is 1. The zero-order valence-electron chi connectivity index (χ0n) is 14.1. The summed E-state index contributed by atoms with van der Waals surface area (Å²) < 4.78 is 0. The van der Waals surface area contributed by atoms with Crippen LogP contribution in [-0.4, -0.2) is 67.1 Å². The van der Waals surface area contributed by atoms with Crippen LogP contribution in [0.5, 0.6) is 0 Å². The number of aryl methyl sites for hydroxylation is 1. The summed E-state index contributed by atoms with van der Waals surface area (Å²) in [5.41, 5.74) is 2.83. The first kappa shape index (κ1) is 16.0. The molecule has 2 fully saturated rings. The number of piperazine rings is 1. The zero-order chi connectivity index (χ0) is 15.2. The van der Waals surface area contributed by atoms with Crippen LogP contribution < -0.4 is 0 Å². The Morgan fingerprint density at radius 1 is 0.773 bits per heavy atom. The summed E-state index contributed by atoms with van der Waals surface area (Å²) in [6.07, 6.45) is 4.25. The number of hydrogen-bond acceptors (Lipinski definition) is 3. The van der Waals surface area contributed by atoms with Crippen LogP contribution in [0.3, 0.4) is 0 Å². The monoisotopic (exact) mass is 301 g/mol. The van der Waals surface area contributed by atoms with E-state index in [0.29, 0.717) is 0 Å². The van der Waals surface area contributed by atoms with E-state index in [2.05, 4.69) is 45.9 Å². The summed E-state index contributed by atoms with van der Waals surface area (Å²) in [7, 11) is 0. The molecule has 3 heteroatoms. The second kappa shape index (κ2) is 8.09. The van der Waals surface area contributed by atoms with Gasteiger partial charge in [-0.15, -0.1) is 0 Å². The Morgan fingerprint density at radius 3 is 2.09 bits per heavy atom. The molecule has 0 amide bonds. The van der Waals surface area contributed by atoms with Crippen molar-refractivity contribution in [2.45, 2.75) is 32.7 Å². The van der Waals surface area contributed by atoms with E-state index in [1.807, 2.05) is 0 Å². The van der Waals surface area contributed by atoms with Crippen molar-refractivity contribution in [3.8, 4) is 0 Å². The summed E-state index contributed by atoms with van der Waals surface area (Å²) in [4.78, 5) is 7.91. The van der Waals surface area contributed by atoms with Crippen LogP contribution in [0.4, 0.5) is 0 Å². The van der Waals surface area contributed by atoms with Gasteiger partial charge in [-0.1, -0.05) is 36.2 Å². The van der Waals surface area contributed by atoms with Crippen molar-refractivity contribution in [1.29, 1.82) is 0 Å². The first-order valence-corrected chi connectivity index (χ1v) is 9.02. The van der Waals surface area contributed by atoms with E-state index in [0.717, 1.165) is 6.54 Å². The summed E-state index contributed by atoms with van der Waals surface area (Å²) in [5, 5.41) is 0. The topological polar surface area (TPSA) is 9.72 Å². The molecule has 3 nitrogen and oxygen atoms in total. The van der Waals surface area contributed by atoms with Gasteiger partial charge in [0.25, 0.3) is 0 Å². The quantitative estimate of drug-likeness (QED) is 0.828. The maximum atomic E-state index is 2.66. The molecule has 2 aliphatic rings. The highest BCUT2D eigenvalue weighted by molar-refractivity contribution is 5.22. The van der Waals surface area contributed by atoms with Gasteiger partial charge in [0.05, 0.1) is 0 Å². The molecule has 22 heavy (non-hydrogen) atoms. The third-order valence-electron chi connectivity index (χ3n) is 5.13. The molecule has 2 heterocycles. The van der Waals surface area contributed by atoms with Crippen molar-refractivity contribution in [1.82, 2.24) is 14.7 Å². The minimum absolute atomic E-state index is 1.11. The van der Waals surface area contributed by atoms with E-state index < -0.39 is 0 Å². The van der Waals surface area contributed by atoms with Crippen LogP contribution in [0.25, 0.3) is 0 Å². The average Bonchev–Trinajstić information content (AvgIpc) is 2.55. The van der Waals surface area contributed by atoms with Gasteiger partial charge in [0, 0.05) is 45.8 Å². The van der Waals surface area contributed by atoms with Crippen LogP contribution in [-0.2, 0) is 6.54 Å². The molecule has 1 aromatic carbocycles. The van der Waals surface area contributed by atoms with Crippen LogP contribution >= 0.6 is 0 Å². The molecule has 0 bridgehead atoms. The molecule has 2 aliphatic heterocycles. The first-order chi connectivity index (χ1) is 10.8. The highest BCUT2D eigenvalue weighted by Crippen LogP contribution is 2.11. The lowest BCUT2D eigenvalue weighted by Crippen LogP contribution is -2.48.